The minimum Gasteiger partial charge on any atom is -0.0625 e. The van der Waals surface area contributed by atoms with E-state index in [1.165, 1.54) is 31.2 Å². The zero-order valence-corrected chi connectivity index (χ0v) is 9.29. The van der Waals surface area contributed by atoms with Crippen LogP contribution in [0.15, 0.2) is 24.3 Å². The van der Waals surface area contributed by atoms with Gasteiger partial charge in [-0.25, -0.2) is 0 Å². The quantitative estimate of drug-likeness (QED) is 0.616. The Balaban J connectivity index is 2.14. The van der Waals surface area contributed by atoms with E-state index in [0.717, 1.165) is 11.8 Å². The number of aryl methyl sites for hydroxylation is 1. The minimum absolute atomic E-state index is 0.832. The van der Waals surface area contributed by atoms with Crippen molar-refractivity contribution >= 4 is 0 Å². The lowest BCUT2D eigenvalue weighted by Crippen LogP contribution is -2.11. The minimum atomic E-state index is 0.832. The van der Waals surface area contributed by atoms with Crippen LogP contribution >= 0.6 is 0 Å². The lowest BCUT2D eigenvalue weighted by Gasteiger charge is -2.27. The highest BCUT2D eigenvalue weighted by atomic mass is 14.2. The molecule has 0 spiro atoms. The Hall–Kier alpha value is -0.780. The highest BCUT2D eigenvalue weighted by Gasteiger charge is 2.19. The molecule has 0 nitrogen and oxygen atoms in total. The predicted molar refractivity (Wildman–Crippen MR) is 61.6 cm³/mol. The van der Waals surface area contributed by atoms with Crippen molar-refractivity contribution in [3.8, 4) is 0 Å². The number of rotatable bonds is 1. The van der Waals surface area contributed by atoms with Gasteiger partial charge in [-0.3, -0.25) is 0 Å². The first-order valence-corrected chi connectivity index (χ1v) is 5.82. The van der Waals surface area contributed by atoms with E-state index >= 15 is 0 Å². The Kier molecular flexibility index (Phi) is 2.90. The third kappa shape index (κ3) is 2.17. The van der Waals surface area contributed by atoms with Crippen LogP contribution in [0.4, 0.5) is 0 Å². The largest absolute Gasteiger partial charge is 0.0625 e. The molecule has 2 rings (SSSR count). The van der Waals surface area contributed by atoms with Gasteiger partial charge < -0.3 is 0 Å². The molecule has 0 aliphatic heterocycles. The van der Waals surface area contributed by atoms with Crippen LogP contribution < -0.4 is 0 Å². The molecule has 0 N–H and O–H groups in total. The first-order chi connectivity index (χ1) is 6.75. The maximum Gasteiger partial charge on any atom is -0.0159 e. The number of hydrogen-bond acceptors (Lipinski definition) is 0. The molecule has 0 heteroatoms. The molecule has 0 radical (unpaired) electrons. The summed E-state index contributed by atoms with van der Waals surface area (Å²) in [7, 11) is 0. The SMILES string of the molecule is Cc1cccc([C@@H]2CCC[C@@H](C)C2)c1. The first-order valence-electron chi connectivity index (χ1n) is 5.82. The van der Waals surface area contributed by atoms with Crippen LogP contribution in [0, 0.1) is 12.8 Å². The van der Waals surface area contributed by atoms with E-state index in [2.05, 4.69) is 38.1 Å². The zero-order valence-electron chi connectivity index (χ0n) is 9.29. The van der Waals surface area contributed by atoms with Crippen molar-refractivity contribution in [1.82, 2.24) is 0 Å². The summed E-state index contributed by atoms with van der Waals surface area (Å²) in [4.78, 5) is 0. The molecule has 0 amide bonds. The summed E-state index contributed by atoms with van der Waals surface area (Å²) in [6.45, 7) is 4.58. The molecule has 76 valence electrons. The van der Waals surface area contributed by atoms with Crippen LogP contribution in [-0.2, 0) is 0 Å². The third-order valence-corrected chi connectivity index (χ3v) is 3.45. The van der Waals surface area contributed by atoms with Crippen molar-refractivity contribution in [3.05, 3.63) is 35.4 Å². The molecule has 0 saturated heterocycles. The van der Waals surface area contributed by atoms with Crippen LogP contribution in [0.5, 0.6) is 0 Å². The standard InChI is InChI=1S/C14H20/c1-11-5-3-7-13(9-11)14-8-4-6-12(2)10-14/h3,5,7,9,12,14H,4,6,8,10H2,1-2H3/t12-,14-/m1/s1. The predicted octanol–water partition coefficient (Wildman–Crippen LogP) is 4.29. The molecule has 0 bridgehead atoms. The summed E-state index contributed by atoms with van der Waals surface area (Å²) in [5.74, 6) is 1.76. The van der Waals surface area contributed by atoms with E-state index in [4.69, 9.17) is 0 Å². The summed E-state index contributed by atoms with van der Waals surface area (Å²) >= 11 is 0. The van der Waals surface area contributed by atoms with E-state index in [9.17, 15) is 0 Å². The molecule has 1 aliphatic rings. The van der Waals surface area contributed by atoms with E-state index in [1.54, 1.807) is 5.56 Å². The summed E-state index contributed by atoms with van der Waals surface area (Å²) in [6.07, 6.45) is 5.64. The molecule has 14 heavy (non-hydrogen) atoms. The van der Waals surface area contributed by atoms with E-state index in [-0.39, 0.29) is 0 Å². The second-order valence-corrected chi connectivity index (χ2v) is 4.88. The lowest BCUT2D eigenvalue weighted by atomic mass is 9.78. The number of hydrogen-bond donors (Lipinski definition) is 0. The zero-order chi connectivity index (χ0) is 9.97. The van der Waals surface area contributed by atoms with Gasteiger partial charge in [-0.2, -0.15) is 0 Å². The molecule has 0 aromatic heterocycles. The number of benzene rings is 1. The molecule has 2 atom stereocenters. The third-order valence-electron chi connectivity index (χ3n) is 3.45. The van der Waals surface area contributed by atoms with Crippen molar-refractivity contribution in [1.29, 1.82) is 0 Å². The summed E-state index contributed by atoms with van der Waals surface area (Å²) < 4.78 is 0. The summed E-state index contributed by atoms with van der Waals surface area (Å²) in [5, 5.41) is 0. The molecule has 1 fully saturated rings. The Labute approximate surface area is 87.3 Å². The van der Waals surface area contributed by atoms with Crippen molar-refractivity contribution in [2.75, 3.05) is 0 Å². The maximum absolute atomic E-state index is 2.39. The fourth-order valence-corrected chi connectivity index (χ4v) is 2.66. The highest BCUT2D eigenvalue weighted by Crippen LogP contribution is 2.35. The molecular formula is C14H20. The molecular weight excluding hydrogens is 168 g/mol. The van der Waals surface area contributed by atoms with Crippen LogP contribution in [0.1, 0.15) is 49.7 Å². The van der Waals surface area contributed by atoms with Crippen molar-refractivity contribution in [2.45, 2.75) is 45.4 Å². The topological polar surface area (TPSA) is 0 Å². The smallest absolute Gasteiger partial charge is 0.0159 e. The van der Waals surface area contributed by atoms with Gasteiger partial charge in [-0.15, -0.1) is 0 Å². The average Bonchev–Trinajstić information content (AvgIpc) is 2.18. The van der Waals surface area contributed by atoms with Gasteiger partial charge in [0.1, 0.15) is 0 Å². The highest BCUT2D eigenvalue weighted by molar-refractivity contribution is 5.25. The molecule has 1 saturated carbocycles. The van der Waals surface area contributed by atoms with Gasteiger partial charge in [0.2, 0.25) is 0 Å². The van der Waals surface area contributed by atoms with E-state index < -0.39 is 0 Å². The molecule has 1 aromatic carbocycles. The van der Waals surface area contributed by atoms with Gasteiger partial charge >= 0.3 is 0 Å². The Morgan fingerprint density at radius 1 is 1.21 bits per heavy atom. The molecule has 1 aromatic rings. The first kappa shape index (κ1) is 9.76. The molecule has 0 unspecified atom stereocenters. The van der Waals surface area contributed by atoms with Gasteiger partial charge in [-0.1, -0.05) is 49.6 Å². The monoisotopic (exact) mass is 188 g/mol. The Morgan fingerprint density at radius 2 is 2.07 bits per heavy atom. The normalized spacial score (nSPS) is 27.6. The second-order valence-electron chi connectivity index (χ2n) is 4.88. The Morgan fingerprint density at radius 3 is 2.79 bits per heavy atom. The maximum atomic E-state index is 2.39. The van der Waals surface area contributed by atoms with Crippen LogP contribution in [0.3, 0.4) is 0 Å². The molecule has 0 heterocycles. The second kappa shape index (κ2) is 4.16. The van der Waals surface area contributed by atoms with Crippen LogP contribution in [0.25, 0.3) is 0 Å². The summed E-state index contributed by atoms with van der Waals surface area (Å²) in [5.41, 5.74) is 2.97. The fourth-order valence-electron chi connectivity index (χ4n) is 2.66. The summed E-state index contributed by atoms with van der Waals surface area (Å²) in [6, 6.07) is 9.05. The van der Waals surface area contributed by atoms with Crippen molar-refractivity contribution < 1.29 is 0 Å². The van der Waals surface area contributed by atoms with Gasteiger partial charge in [0.25, 0.3) is 0 Å². The van der Waals surface area contributed by atoms with Crippen molar-refractivity contribution in [3.63, 3.8) is 0 Å². The van der Waals surface area contributed by atoms with Crippen molar-refractivity contribution in [2.24, 2.45) is 5.92 Å². The molecule has 1 aliphatic carbocycles. The van der Waals surface area contributed by atoms with E-state index in [0.29, 0.717) is 0 Å². The van der Waals surface area contributed by atoms with E-state index in [1.807, 2.05) is 0 Å². The van der Waals surface area contributed by atoms with Gasteiger partial charge in [-0.05, 0) is 37.2 Å². The van der Waals surface area contributed by atoms with Gasteiger partial charge in [0.05, 0.1) is 0 Å². The van der Waals surface area contributed by atoms with Gasteiger partial charge in [0.15, 0.2) is 0 Å². The van der Waals surface area contributed by atoms with Crippen LogP contribution in [-0.4, -0.2) is 0 Å². The fraction of sp³-hybridized carbons (Fsp3) is 0.571. The average molecular weight is 188 g/mol. The lowest BCUT2D eigenvalue weighted by molar-refractivity contribution is 0.344. The van der Waals surface area contributed by atoms with Gasteiger partial charge in [0, 0.05) is 0 Å². The van der Waals surface area contributed by atoms with Crippen LogP contribution in [0.2, 0.25) is 0 Å². The Bertz CT molecular complexity index is 301.